The zero-order chi connectivity index (χ0) is 12.8. The van der Waals surface area contributed by atoms with Crippen LogP contribution in [0, 0.1) is 5.92 Å². The van der Waals surface area contributed by atoms with E-state index in [-0.39, 0.29) is 0 Å². The first-order valence-corrected chi connectivity index (χ1v) is 6.38. The van der Waals surface area contributed by atoms with Gasteiger partial charge in [0.1, 0.15) is 0 Å². The fraction of sp³-hybridized carbons (Fsp3) is 0.538. The summed E-state index contributed by atoms with van der Waals surface area (Å²) in [5.74, 6) is 0.506. The van der Waals surface area contributed by atoms with Crippen molar-refractivity contribution in [1.82, 2.24) is 10.7 Å². The van der Waals surface area contributed by atoms with Crippen LogP contribution in [-0.4, -0.2) is 17.4 Å². The van der Waals surface area contributed by atoms with Gasteiger partial charge in [-0.15, -0.1) is 0 Å². The molecule has 0 saturated heterocycles. The van der Waals surface area contributed by atoms with Crippen LogP contribution >= 0.6 is 12.2 Å². The molecular weight excluding hydrogens is 230 g/mol. The average molecular weight is 251 g/mol. The molecule has 1 aliphatic rings. The summed E-state index contributed by atoms with van der Waals surface area (Å²) in [6, 6.07) is 0. The summed E-state index contributed by atoms with van der Waals surface area (Å²) < 4.78 is 0. The third-order valence-electron chi connectivity index (χ3n) is 2.93. The van der Waals surface area contributed by atoms with Crippen LogP contribution in [0.5, 0.6) is 0 Å². The molecule has 0 saturated carbocycles. The van der Waals surface area contributed by atoms with Gasteiger partial charge in [0.2, 0.25) is 0 Å². The Balaban J connectivity index is 2.65. The SMILES string of the molecule is C=C(C)[C@@H]1CC=C(C)/C(=N\NC(=S)NCC)C1. The van der Waals surface area contributed by atoms with Gasteiger partial charge < -0.3 is 5.32 Å². The molecule has 94 valence electrons. The Morgan fingerprint density at radius 1 is 1.65 bits per heavy atom. The van der Waals surface area contributed by atoms with E-state index in [2.05, 4.69) is 42.3 Å². The Kier molecular flexibility index (Phi) is 5.35. The molecule has 0 spiro atoms. The summed E-state index contributed by atoms with van der Waals surface area (Å²) >= 11 is 5.07. The van der Waals surface area contributed by atoms with Crippen LogP contribution in [0.15, 0.2) is 28.9 Å². The third-order valence-corrected chi connectivity index (χ3v) is 3.17. The second kappa shape index (κ2) is 6.55. The van der Waals surface area contributed by atoms with Crippen LogP contribution in [0.4, 0.5) is 0 Å². The maximum absolute atomic E-state index is 5.07. The van der Waals surface area contributed by atoms with Crippen LogP contribution in [0.3, 0.4) is 0 Å². The largest absolute Gasteiger partial charge is 0.362 e. The van der Waals surface area contributed by atoms with Crippen LogP contribution in [0.2, 0.25) is 0 Å². The topological polar surface area (TPSA) is 36.4 Å². The van der Waals surface area contributed by atoms with Crippen LogP contribution in [-0.2, 0) is 0 Å². The first kappa shape index (κ1) is 13.9. The summed E-state index contributed by atoms with van der Waals surface area (Å²) in [5, 5.41) is 7.95. The van der Waals surface area contributed by atoms with Crippen molar-refractivity contribution in [2.75, 3.05) is 6.54 Å². The standard InChI is InChI=1S/C13H21N3S/c1-5-14-13(17)16-15-12-8-11(9(2)3)7-6-10(12)4/h6,11H,2,5,7-8H2,1,3-4H3,(H2,14,16,17)/b15-12-/t11-/m1/s1. The first-order valence-electron chi connectivity index (χ1n) is 5.97. The molecule has 0 heterocycles. The van der Waals surface area contributed by atoms with Crippen molar-refractivity contribution < 1.29 is 0 Å². The van der Waals surface area contributed by atoms with E-state index in [1.807, 2.05) is 6.92 Å². The lowest BCUT2D eigenvalue weighted by Crippen LogP contribution is -2.33. The molecule has 0 aromatic carbocycles. The van der Waals surface area contributed by atoms with E-state index < -0.39 is 0 Å². The molecule has 0 bridgehead atoms. The molecule has 1 atom stereocenters. The zero-order valence-electron chi connectivity index (χ0n) is 10.8. The maximum atomic E-state index is 5.07. The third kappa shape index (κ3) is 4.30. The number of hydrazone groups is 1. The molecule has 17 heavy (non-hydrogen) atoms. The molecule has 4 heteroatoms. The van der Waals surface area contributed by atoms with Crippen molar-refractivity contribution in [3.63, 3.8) is 0 Å². The van der Waals surface area contributed by atoms with E-state index in [0.29, 0.717) is 11.0 Å². The fourth-order valence-electron chi connectivity index (χ4n) is 1.74. The van der Waals surface area contributed by atoms with Gasteiger partial charge in [-0.1, -0.05) is 18.2 Å². The van der Waals surface area contributed by atoms with Gasteiger partial charge in [0, 0.05) is 6.54 Å². The molecule has 0 aromatic heterocycles. The summed E-state index contributed by atoms with van der Waals surface area (Å²) in [6.45, 7) is 11.0. The summed E-state index contributed by atoms with van der Waals surface area (Å²) in [7, 11) is 0. The molecule has 0 radical (unpaired) electrons. The summed E-state index contributed by atoms with van der Waals surface area (Å²) in [4.78, 5) is 0. The predicted octanol–water partition coefficient (Wildman–Crippen LogP) is 2.76. The number of nitrogens with one attached hydrogen (secondary N) is 2. The average Bonchev–Trinajstić information content (AvgIpc) is 2.28. The number of rotatable bonds is 3. The minimum Gasteiger partial charge on any atom is -0.362 e. The molecular formula is C13H21N3S. The van der Waals surface area contributed by atoms with Gasteiger partial charge in [0.05, 0.1) is 5.71 Å². The van der Waals surface area contributed by atoms with E-state index in [4.69, 9.17) is 12.2 Å². The van der Waals surface area contributed by atoms with Crippen LogP contribution < -0.4 is 10.7 Å². The molecule has 1 rings (SSSR count). The molecule has 0 fully saturated rings. The minimum atomic E-state index is 0.506. The van der Waals surface area contributed by atoms with Gasteiger partial charge in [-0.2, -0.15) is 5.10 Å². The number of hydrogen-bond acceptors (Lipinski definition) is 2. The van der Waals surface area contributed by atoms with E-state index in [1.165, 1.54) is 11.1 Å². The highest BCUT2D eigenvalue weighted by molar-refractivity contribution is 7.80. The lowest BCUT2D eigenvalue weighted by atomic mass is 9.85. The van der Waals surface area contributed by atoms with Crippen molar-refractivity contribution in [2.24, 2.45) is 11.0 Å². The minimum absolute atomic E-state index is 0.506. The van der Waals surface area contributed by atoms with Gasteiger partial charge in [-0.05, 0) is 57.3 Å². The van der Waals surface area contributed by atoms with Crippen molar-refractivity contribution in [3.05, 3.63) is 23.8 Å². The molecule has 0 unspecified atom stereocenters. The van der Waals surface area contributed by atoms with E-state index in [0.717, 1.165) is 25.1 Å². The smallest absolute Gasteiger partial charge is 0.186 e. The van der Waals surface area contributed by atoms with Crippen molar-refractivity contribution >= 4 is 23.0 Å². The molecule has 2 N–H and O–H groups in total. The quantitative estimate of drug-likeness (QED) is 0.460. The lowest BCUT2D eigenvalue weighted by molar-refractivity contribution is 0.636. The van der Waals surface area contributed by atoms with E-state index in [1.54, 1.807) is 0 Å². The van der Waals surface area contributed by atoms with Crippen molar-refractivity contribution in [1.29, 1.82) is 0 Å². The van der Waals surface area contributed by atoms with E-state index in [9.17, 15) is 0 Å². The Bertz CT molecular complexity index is 369. The molecule has 3 nitrogen and oxygen atoms in total. The zero-order valence-corrected chi connectivity index (χ0v) is 11.7. The van der Waals surface area contributed by atoms with Gasteiger partial charge in [-0.3, -0.25) is 5.43 Å². The summed E-state index contributed by atoms with van der Waals surface area (Å²) in [5.41, 5.74) is 6.40. The van der Waals surface area contributed by atoms with Crippen LogP contribution in [0.1, 0.15) is 33.6 Å². The fourth-order valence-corrected chi connectivity index (χ4v) is 1.93. The van der Waals surface area contributed by atoms with Gasteiger partial charge >= 0.3 is 0 Å². The van der Waals surface area contributed by atoms with Crippen molar-refractivity contribution in [3.8, 4) is 0 Å². The maximum Gasteiger partial charge on any atom is 0.186 e. The molecule has 0 amide bonds. The van der Waals surface area contributed by atoms with Gasteiger partial charge in [0.15, 0.2) is 5.11 Å². The summed E-state index contributed by atoms with van der Waals surface area (Å²) in [6.07, 6.45) is 4.23. The Labute approximate surface area is 109 Å². The lowest BCUT2D eigenvalue weighted by Gasteiger charge is -2.22. The second-order valence-electron chi connectivity index (χ2n) is 4.40. The second-order valence-corrected chi connectivity index (χ2v) is 4.81. The number of thiocarbonyl (C=S) groups is 1. The highest BCUT2D eigenvalue weighted by Gasteiger charge is 2.18. The monoisotopic (exact) mass is 251 g/mol. The van der Waals surface area contributed by atoms with Crippen molar-refractivity contribution in [2.45, 2.75) is 33.6 Å². The normalized spacial score (nSPS) is 21.9. The first-order chi connectivity index (χ1) is 8.04. The highest BCUT2D eigenvalue weighted by Crippen LogP contribution is 2.26. The number of allylic oxidation sites excluding steroid dienone is 3. The number of nitrogens with zero attached hydrogens (tertiary/aromatic N) is 1. The molecule has 0 aliphatic heterocycles. The number of hydrogen-bond donors (Lipinski definition) is 2. The molecule has 0 aromatic rings. The Morgan fingerprint density at radius 2 is 2.35 bits per heavy atom. The van der Waals surface area contributed by atoms with Crippen LogP contribution in [0.25, 0.3) is 0 Å². The van der Waals surface area contributed by atoms with E-state index >= 15 is 0 Å². The highest BCUT2D eigenvalue weighted by atomic mass is 32.1. The molecule has 1 aliphatic carbocycles. The Morgan fingerprint density at radius 3 is 2.94 bits per heavy atom. The predicted molar refractivity (Wildman–Crippen MR) is 78.1 cm³/mol. The Hall–Kier alpha value is -1.16. The van der Waals surface area contributed by atoms with Gasteiger partial charge in [-0.25, -0.2) is 0 Å². The van der Waals surface area contributed by atoms with Gasteiger partial charge in [0.25, 0.3) is 0 Å².